The number of aliphatic imine (C=N–C) groups is 1. The van der Waals surface area contributed by atoms with Crippen LogP contribution in [0.1, 0.15) is 41.5 Å². The highest BCUT2D eigenvalue weighted by Gasteiger charge is 2.26. The Labute approximate surface area is 166 Å². The van der Waals surface area contributed by atoms with E-state index in [4.69, 9.17) is 39.8 Å². The summed E-state index contributed by atoms with van der Waals surface area (Å²) in [6.07, 6.45) is 0.751. The number of hydrogen-bond donors (Lipinski definition) is 0. The fourth-order valence-electron chi connectivity index (χ4n) is 3.09. The molecular formula is C19H15Cl3N4. The van der Waals surface area contributed by atoms with Crippen LogP contribution >= 0.6 is 34.8 Å². The molecule has 1 unspecified atom stereocenters. The van der Waals surface area contributed by atoms with Crippen molar-refractivity contribution in [3.63, 3.8) is 0 Å². The van der Waals surface area contributed by atoms with Gasteiger partial charge in [-0.15, -0.1) is 21.8 Å². The van der Waals surface area contributed by atoms with Gasteiger partial charge in [-0.05, 0) is 30.7 Å². The molecule has 26 heavy (non-hydrogen) atoms. The number of hydrogen-bond acceptors (Lipinski definition) is 3. The predicted molar refractivity (Wildman–Crippen MR) is 106 cm³/mol. The Hall–Kier alpha value is -1.88. The molecule has 2 heterocycles. The van der Waals surface area contributed by atoms with Crippen LogP contribution in [-0.2, 0) is 6.54 Å². The van der Waals surface area contributed by atoms with Crippen LogP contribution in [0.3, 0.4) is 0 Å². The van der Waals surface area contributed by atoms with Gasteiger partial charge in [0.2, 0.25) is 0 Å². The van der Waals surface area contributed by atoms with Crippen molar-refractivity contribution in [2.75, 3.05) is 0 Å². The van der Waals surface area contributed by atoms with E-state index in [9.17, 15) is 0 Å². The third-order valence-electron chi connectivity index (χ3n) is 4.36. The molecule has 1 atom stereocenters. The molecule has 1 aliphatic heterocycles. The van der Waals surface area contributed by atoms with Crippen LogP contribution in [-0.4, -0.2) is 20.5 Å². The van der Waals surface area contributed by atoms with Gasteiger partial charge in [0.15, 0.2) is 11.6 Å². The number of rotatable bonds is 3. The van der Waals surface area contributed by atoms with E-state index in [-0.39, 0.29) is 5.38 Å². The summed E-state index contributed by atoms with van der Waals surface area (Å²) in [6, 6.07) is 13.3. The highest BCUT2D eigenvalue weighted by atomic mass is 35.5. The predicted octanol–water partition coefficient (Wildman–Crippen LogP) is 5.62. The van der Waals surface area contributed by atoms with Gasteiger partial charge >= 0.3 is 0 Å². The van der Waals surface area contributed by atoms with Crippen LogP contribution in [0.5, 0.6) is 0 Å². The molecule has 4 nitrogen and oxygen atoms in total. The maximum absolute atomic E-state index is 6.49. The second kappa shape index (κ2) is 7.03. The normalized spacial score (nSPS) is 14.2. The highest BCUT2D eigenvalue weighted by molar-refractivity contribution is 6.36. The quantitative estimate of drug-likeness (QED) is 0.531. The smallest absolute Gasteiger partial charge is 0.159 e. The topological polar surface area (TPSA) is 43.1 Å². The zero-order valence-electron chi connectivity index (χ0n) is 14.0. The van der Waals surface area contributed by atoms with Crippen molar-refractivity contribution >= 4 is 40.5 Å². The van der Waals surface area contributed by atoms with Gasteiger partial charge in [0, 0.05) is 21.2 Å². The van der Waals surface area contributed by atoms with Crippen molar-refractivity contribution in [1.29, 1.82) is 0 Å². The fourth-order valence-corrected chi connectivity index (χ4v) is 3.63. The minimum Gasteiger partial charge on any atom is -0.279 e. The molecule has 0 radical (unpaired) electrons. The summed E-state index contributed by atoms with van der Waals surface area (Å²) in [7, 11) is 0. The van der Waals surface area contributed by atoms with Crippen LogP contribution in [0.2, 0.25) is 10.0 Å². The van der Waals surface area contributed by atoms with Crippen molar-refractivity contribution < 1.29 is 0 Å². The monoisotopic (exact) mass is 404 g/mol. The van der Waals surface area contributed by atoms with E-state index in [1.165, 1.54) is 0 Å². The first-order chi connectivity index (χ1) is 12.6. The van der Waals surface area contributed by atoms with E-state index < -0.39 is 0 Å². The van der Waals surface area contributed by atoms with Crippen molar-refractivity contribution in [3.05, 3.63) is 75.3 Å². The maximum Gasteiger partial charge on any atom is 0.159 e. The van der Waals surface area contributed by atoms with Crippen molar-refractivity contribution in [2.45, 2.75) is 25.3 Å². The molecule has 0 spiro atoms. The molecule has 0 amide bonds. The summed E-state index contributed by atoms with van der Waals surface area (Å²) in [4.78, 5) is 4.78. The average molecular weight is 406 g/mol. The molecule has 0 aliphatic carbocycles. The first kappa shape index (κ1) is 17.5. The number of aromatic nitrogens is 3. The van der Waals surface area contributed by atoms with Crippen molar-refractivity contribution in [3.8, 4) is 5.69 Å². The second-order valence-electron chi connectivity index (χ2n) is 5.99. The number of nitrogens with zero attached hydrogens (tertiary/aromatic N) is 4. The lowest BCUT2D eigenvalue weighted by atomic mass is 10.0. The molecule has 0 saturated carbocycles. The molecule has 0 N–H and O–H groups in total. The number of fused-ring (bicyclic) bond motifs is 3. The molecule has 3 aromatic rings. The molecule has 0 saturated heterocycles. The summed E-state index contributed by atoms with van der Waals surface area (Å²) in [5, 5.41) is 9.64. The van der Waals surface area contributed by atoms with Gasteiger partial charge in [0.25, 0.3) is 0 Å². The standard InChI is InChI=1S/C19H15Cl3N4/c1-2-14(21)19-25-24-17-10-23-18(12-5-3-4-6-15(12)22)13-9-11(20)7-8-16(13)26(17)19/h3-9,14H,2,10H2,1H3. The Bertz CT molecular complexity index is 1010. The largest absolute Gasteiger partial charge is 0.279 e. The van der Waals surface area contributed by atoms with E-state index >= 15 is 0 Å². The zero-order valence-corrected chi connectivity index (χ0v) is 16.2. The van der Waals surface area contributed by atoms with Gasteiger partial charge in [-0.3, -0.25) is 9.56 Å². The zero-order chi connectivity index (χ0) is 18.3. The Morgan fingerprint density at radius 3 is 2.65 bits per heavy atom. The van der Waals surface area contributed by atoms with Crippen LogP contribution < -0.4 is 0 Å². The molecule has 1 aromatic heterocycles. The molecule has 2 aromatic carbocycles. The Morgan fingerprint density at radius 1 is 1.08 bits per heavy atom. The van der Waals surface area contributed by atoms with Gasteiger partial charge in [-0.2, -0.15) is 0 Å². The molecule has 7 heteroatoms. The van der Waals surface area contributed by atoms with Crippen molar-refractivity contribution in [2.24, 2.45) is 4.99 Å². The Kier molecular flexibility index (Phi) is 4.74. The van der Waals surface area contributed by atoms with E-state index in [0.717, 1.165) is 34.8 Å². The summed E-state index contributed by atoms with van der Waals surface area (Å²) in [6.45, 7) is 2.40. The number of halogens is 3. The van der Waals surface area contributed by atoms with Crippen LogP contribution in [0, 0.1) is 0 Å². The molecule has 0 fully saturated rings. The summed E-state index contributed by atoms with van der Waals surface area (Å²) >= 11 is 19.2. The fraction of sp³-hybridized carbons (Fsp3) is 0.211. The second-order valence-corrected chi connectivity index (χ2v) is 7.36. The molecule has 1 aliphatic rings. The van der Waals surface area contributed by atoms with Gasteiger partial charge in [0.1, 0.15) is 6.54 Å². The first-order valence-electron chi connectivity index (χ1n) is 8.28. The molecule has 132 valence electrons. The Morgan fingerprint density at radius 2 is 1.88 bits per heavy atom. The van der Waals surface area contributed by atoms with E-state index in [1.807, 2.05) is 54.0 Å². The first-order valence-corrected chi connectivity index (χ1v) is 9.47. The SMILES string of the molecule is CCC(Cl)c1nnc2n1-c1ccc(Cl)cc1C(c1ccccc1Cl)=NC2. The lowest BCUT2D eigenvalue weighted by molar-refractivity contribution is 0.765. The minimum absolute atomic E-state index is 0.235. The van der Waals surface area contributed by atoms with E-state index in [2.05, 4.69) is 10.2 Å². The van der Waals surface area contributed by atoms with E-state index in [1.54, 1.807) is 0 Å². The molecular weight excluding hydrogens is 391 g/mol. The third-order valence-corrected chi connectivity index (χ3v) is 5.42. The van der Waals surface area contributed by atoms with Gasteiger partial charge < -0.3 is 0 Å². The van der Waals surface area contributed by atoms with Crippen LogP contribution in [0.25, 0.3) is 5.69 Å². The average Bonchev–Trinajstić information content (AvgIpc) is 3.00. The third kappa shape index (κ3) is 2.92. The summed E-state index contributed by atoms with van der Waals surface area (Å²) < 4.78 is 1.99. The van der Waals surface area contributed by atoms with E-state index in [0.29, 0.717) is 22.4 Å². The molecule has 4 rings (SSSR count). The lowest BCUT2D eigenvalue weighted by Gasteiger charge is -2.15. The van der Waals surface area contributed by atoms with Crippen LogP contribution in [0.15, 0.2) is 47.5 Å². The number of alkyl halides is 1. The van der Waals surface area contributed by atoms with Crippen molar-refractivity contribution in [1.82, 2.24) is 14.8 Å². The highest BCUT2D eigenvalue weighted by Crippen LogP contribution is 2.33. The molecule has 0 bridgehead atoms. The summed E-state index contributed by atoms with van der Waals surface area (Å²) in [5.74, 6) is 1.45. The van der Waals surface area contributed by atoms with Gasteiger partial charge in [-0.25, -0.2) is 0 Å². The minimum atomic E-state index is -0.235. The lowest BCUT2D eigenvalue weighted by Crippen LogP contribution is -2.10. The maximum atomic E-state index is 6.49. The van der Waals surface area contributed by atoms with Gasteiger partial charge in [-0.1, -0.05) is 48.3 Å². The van der Waals surface area contributed by atoms with Crippen LogP contribution in [0.4, 0.5) is 0 Å². The Balaban J connectivity index is 1.98. The summed E-state index contributed by atoms with van der Waals surface area (Å²) in [5.41, 5.74) is 3.42. The van der Waals surface area contributed by atoms with Gasteiger partial charge in [0.05, 0.1) is 16.8 Å². The number of benzene rings is 2.